The zero-order chi connectivity index (χ0) is 12.3. The van der Waals surface area contributed by atoms with Gasteiger partial charge in [-0.25, -0.2) is 8.78 Å². The number of benzene rings is 1. The maximum atomic E-state index is 13.3. The highest BCUT2D eigenvalue weighted by molar-refractivity contribution is 6.18. The Morgan fingerprint density at radius 3 is 2.62 bits per heavy atom. The SMILES string of the molecule is Cc1cc(C(=O)NC(C)CCl)c(F)cc1F. The lowest BCUT2D eigenvalue weighted by atomic mass is 10.1. The predicted molar refractivity (Wildman–Crippen MR) is 58.7 cm³/mol. The number of aryl methyl sites for hydroxylation is 1. The first-order chi connectivity index (χ1) is 7.45. The third kappa shape index (κ3) is 2.92. The fourth-order valence-corrected chi connectivity index (χ4v) is 1.25. The van der Waals surface area contributed by atoms with E-state index < -0.39 is 17.5 Å². The summed E-state index contributed by atoms with van der Waals surface area (Å²) < 4.78 is 26.3. The van der Waals surface area contributed by atoms with Crippen LogP contribution < -0.4 is 5.32 Å². The molecule has 0 aliphatic carbocycles. The molecule has 2 nitrogen and oxygen atoms in total. The van der Waals surface area contributed by atoms with Crippen molar-refractivity contribution in [2.75, 3.05) is 5.88 Å². The van der Waals surface area contributed by atoms with Gasteiger partial charge in [-0.1, -0.05) is 0 Å². The van der Waals surface area contributed by atoms with Crippen LogP contribution in [0, 0.1) is 18.6 Å². The molecular weight excluding hydrogens is 236 g/mol. The molecule has 0 bridgehead atoms. The molecule has 1 N–H and O–H groups in total. The first-order valence-corrected chi connectivity index (χ1v) is 5.31. The van der Waals surface area contributed by atoms with E-state index in [0.717, 1.165) is 0 Å². The number of halogens is 3. The lowest BCUT2D eigenvalue weighted by Gasteiger charge is -2.11. The Morgan fingerprint density at radius 2 is 2.06 bits per heavy atom. The highest BCUT2D eigenvalue weighted by Crippen LogP contribution is 2.14. The smallest absolute Gasteiger partial charge is 0.254 e. The quantitative estimate of drug-likeness (QED) is 0.818. The molecule has 0 saturated heterocycles. The van der Waals surface area contributed by atoms with Crippen molar-refractivity contribution in [1.82, 2.24) is 5.32 Å². The van der Waals surface area contributed by atoms with E-state index in [1.165, 1.54) is 13.0 Å². The summed E-state index contributed by atoms with van der Waals surface area (Å²) in [6.07, 6.45) is 0. The maximum Gasteiger partial charge on any atom is 0.254 e. The highest BCUT2D eigenvalue weighted by atomic mass is 35.5. The van der Waals surface area contributed by atoms with Crippen LogP contribution >= 0.6 is 11.6 Å². The van der Waals surface area contributed by atoms with E-state index in [9.17, 15) is 13.6 Å². The van der Waals surface area contributed by atoms with Crippen LogP contribution in [0.15, 0.2) is 12.1 Å². The molecule has 1 rings (SSSR count). The zero-order valence-electron chi connectivity index (χ0n) is 8.98. The summed E-state index contributed by atoms with van der Waals surface area (Å²) in [4.78, 5) is 11.6. The summed E-state index contributed by atoms with van der Waals surface area (Å²) >= 11 is 5.51. The van der Waals surface area contributed by atoms with E-state index in [0.29, 0.717) is 6.07 Å². The third-order valence-corrected chi connectivity index (χ3v) is 2.56. The minimum atomic E-state index is -0.873. The van der Waals surface area contributed by atoms with Crippen LogP contribution in [0.5, 0.6) is 0 Å². The Balaban J connectivity index is 2.96. The molecule has 0 heterocycles. The monoisotopic (exact) mass is 247 g/mol. The van der Waals surface area contributed by atoms with E-state index in [2.05, 4.69) is 5.32 Å². The first kappa shape index (κ1) is 12.9. The molecule has 0 spiro atoms. The summed E-state index contributed by atoms with van der Waals surface area (Å²) in [7, 11) is 0. The van der Waals surface area contributed by atoms with Gasteiger partial charge in [-0.05, 0) is 25.5 Å². The van der Waals surface area contributed by atoms with Crippen molar-refractivity contribution in [1.29, 1.82) is 0 Å². The highest BCUT2D eigenvalue weighted by Gasteiger charge is 2.15. The van der Waals surface area contributed by atoms with E-state index in [4.69, 9.17) is 11.6 Å². The summed E-state index contributed by atoms with van der Waals surface area (Å²) in [6, 6.07) is 1.62. The minimum absolute atomic E-state index is 0.170. The van der Waals surface area contributed by atoms with Crippen LogP contribution in [0.4, 0.5) is 8.78 Å². The van der Waals surface area contributed by atoms with Gasteiger partial charge in [-0.15, -0.1) is 11.6 Å². The zero-order valence-corrected chi connectivity index (χ0v) is 9.74. The van der Waals surface area contributed by atoms with Crippen LogP contribution in [0.25, 0.3) is 0 Å². The van der Waals surface area contributed by atoms with Gasteiger partial charge in [0.2, 0.25) is 0 Å². The maximum absolute atomic E-state index is 13.3. The number of nitrogens with one attached hydrogen (secondary N) is 1. The lowest BCUT2D eigenvalue weighted by Crippen LogP contribution is -2.34. The van der Waals surface area contributed by atoms with Gasteiger partial charge in [0.25, 0.3) is 5.91 Å². The molecule has 0 fully saturated rings. The minimum Gasteiger partial charge on any atom is -0.348 e. The Bertz CT molecular complexity index is 409. The topological polar surface area (TPSA) is 29.1 Å². The van der Waals surface area contributed by atoms with Crippen LogP contribution in [0.1, 0.15) is 22.8 Å². The summed E-state index contributed by atoms with van der Waals surface area (Å²) in [5.41, 5.74) is 0.0564. The van der Waals surface area contributed by atoms with E-state index in [1.54, 1.807) is 6.92 Å². The average Bonchev–Trinajstić information content (AvgIpc) is 2.23. The molecule has 0 aliphatic rings. The van der Waals surface area contributed by atoms with Crippen molar-refractivity contribution in [3.8, 4) is 0 Å². The molecule has 1 aromatic carbocycles. The first-order valence-electron chi connectivity index (χ1n) is 4.78. The van der Waals surface area contributed by atoms with Crippen LogP contribution in [-0.2, 0) is 0 Å². The van der Waals surface area contributed by atoms with Crippen molar-refractivity contribution in [2.24, 2.45) is 0 Å². The van der Waals surface area contributed by atoms with Gasteiger partial charge in [-0.2, -0.15) is 0 Å². The number of amides is 1. The summed E-state index contributed by atoms with van der Waals surface area (Å²) in [5, 5.41) is 2.50. The molecule has 0 aliphatic heterocycles. The van der Waals surface area contributed by atoms with Crippen molar-refractivity contribution >= 4 is 17.5 Å². The number of alkyl halides is 1. The molecule has 1 aromatic rings. The number of hydrogen-bond donors (Lipinski definition) is 1. The predicted octanol–water partition coefficient (Wildman–Crippen LogP) is 2.63. The standard InChI is InChI=1S/C11H12ClF2NO/c1-6-3-8(10(14)4-9(6)13)11(16)15-7(2)5-12/h3-4,7H,5H2,1-2H3,(H,15,16). The Hall–Kier alpha value is -1.16. The third-order valence-electron chi connectivity index (χ3n) is 2.10. The van der Waals surface area contributed by atoms with Crippen LogP contribution in [0.3, 0.4) is 0 Å². The summed E-state index contributed by atoms with van der Waals surface area (Å²) in [5.74, 6) is -1.90. The normalized spacial score (nSPS) is 12.3. The molecule has 0 saturated carbocycles. The lowest BCUT2D eigenvalue weighted by molar-refractivity contribution is 0.0939. The molecular formula is C11H12ClF2NO. The van der Waals surface area contributed by atoms with Crippen LogP contribution in [-0.4, -0.2) is 17.8 Å². The van der Waals surface area contributed by atoms with Crippen molar-refractivity contribution in [3.05, 3.63) is 34.9 Å². The van der Waals surface area contributed by atoms with Gasteiger partial charge in [-0.3, -0.25) is 4.79 Å². The second-order valence-corrected chi connectivity index (χ2v) is 3.92. The van der Waals surface area contributed by atoms with E-state index in [-0.39, 0.29) is 23.0 Å². The van der Waals surface area contributed by atoms with E-state index in [1.807, 2.05) is 0 Å². The fourth-order valence-electron chi connectivity index (χ4n) is 1.17. The van der Waals surface area contributed by atoms with Crippen LogP contribution in [0.2, 0.25) is 0 Å². The van der Waals surface area contributed by atoms with Crippen molar-refractivity contribution in [3.63, 3.8) is 0 Å². The van der Waals surface area contributed by atoms with Gasteiger partial charge < -0.3 is 5.32 Å². The summed E-state index contributed by atoms with van der Waals surface area (Å²) in [6.45, 7) is 3.16. The number of carbonyl (C=O) groups is 1. The second-order valence-electron chi connectivity index (χ2n) is 3.61. The molecule has 88 valence electrons. The molecule has 0 radical (unpaired) electrons. The molecule has 1 unspecified atom stereocenters. The molecule has 1 atom stereocenters. The fraction of sp³-hybridized carbons (Fsp3) is 0.364. The van der Waals surface area contributed by atoms with Gasteiger partial charge in [0.05, 0.1) is 5.56 Å². The largest absolute Gasteiger partial charge is 0.348 e. The van der Waals surface area contributed by atoms with Gasteiger partial charge in [0, 0.05) is 18.0 Å². The molecule has 5 heteroatoms. The van der Waals surface area contributed by atoms with Crippen molar-refractivity contribution in [2.45, 2.75) is 19.9 Å². The number of rotatable bonds is 3. The second kappa shape index (κ2) is 5.25. The Labute approximate surface area is 97.6 Å². The average molecular weight is 248 g/mol. The molecule has 1 amide bonds. The number of hydrogen-bond acceptors (Lipinski definition) is 1. The van der Waals surface area contributed by atoms with Gasteiger partial charge >= 0.3 is 0 Å². The van der Waals surface area contributed by atoms with Crippen molar-refractivity contribution < 1.29 is 13.6 Å². The van der Waals surface area contributed by atoms with Gasteiger partial charge in [0.1, 0.15) is 11.6 Å². The molecule has 16 heavy (non-hydrogen) atoms. The van der Waals surface area contributed by atoms with Gasteiger partial charge in [0.15, 0.2) is 0 Å². The Kier molecular flexibility index (Phi) is 4.24. The van der Waals surface area contributed by atoms with E-state index >= 15 is 0 Å². The number of carbonyl (C=O) groups excluding carboxylic acids is 1. The Morgan fingerprint density at radius 1 is 1.44 bits per heavy atom. The molecule has 0 aromatic heterocycles.